The number of carbonyl (C=O) groups is 1. The summed E-state index contributed by atoms with van der Waals surface area (Å²) in [5.41, 5.74) is 2.72. The second-order valence-corrected chi connectivity index (χ2v) is 2.32. The van der Waals surface area contributed by atoms with Gasteiger partial charge in [0.15, 0.2) is 0 Å². The maximum Gasteiger partial charge on any atom is 0.275 e. The van der Waals surface area contributed by atoms with E-state index in [9.17, 15) is 4.79 Å². The highest BCUT2D eigenvalue weighted by atomic mass is 16.6. The maximum atomic E-state index is 11.2. The van der Waals surface area contributed by atoms with Crippen LogP contribution in [0.1, 0.15) is 10.4 Å². The first-order chi connectivity index (χ1) is 6.27. The van der Waals surface area contributed by atoms with E-state index in [1.165, 1.54) is 7.11 Å². The van der Waals surface area contributed by atoms with Gasteiger partial charge in [0, 0.05) is 18.8 Å². The fraction of sp³-hybridized carbons (Fsp3) is 0.250. The van der Waals surface area contributed by atoms with Crippen molar-refractivity contribution < 1.29 is 9.63 Å². The van der Waals surface area contributed by atoms with Gasteiger partial charge in [-0.25, -0.2) is 10.5 Å². The van der Waals surface area contributed by atoms with E-state index < -0.39 is 0 Å². The molecule has 5 heteroatoms. The Morgan fingerprint density at radius 2 is 2.38 bits per heavy atom. The van der Waals surface area contributed by atoms with Crippen molar-refractivity contribution >= 4 is 11.7 Å². The van der Waals surface area contributed by atoms with Gasteiger partial charge >= 0.3 is 0 Å². The van der Waals surface area contributed by atoms with Crippen molar-refractivity contribution in [3.8, 4) is 0 Å². The van der Waals surface area contributed by atoms with Gasteiger partial charge in [-0.05, 0) is 12.1 Å². The highest BCUT2D eigenvalue weighted by Crippen LogP contribution is 2.05. The van der Waals surface area contributed by atoms with Crippen LogP contribution in [0.25, 0.3) is 0 Å². The number of aromatic nitrogens is 1. The lowest BCUT2D eigenvalue weighted by molar-refractivity contribution is 0.0537. The van der Waals surface area contributed by atoms with E-state index in [2.05, 4.69) is 20.6 Å². The number of pyridine rings is 1. The van der Waals surface area contributed by atoms with Gasteiger partial charge in [-0.3, -0.25) is 9.63 Å². The molecule has 0 radical (unpaired) electrons. The lowest BCUT2D eigenvalue weighted by Crippen LogP contribution is -2.21. The monoisotopic (exact) mass is 181 g/mol. The van der Waals surface area contributed by atoms with Gasteiger partial charge in [0.1, 0.15) is 5.82 Å². The Morgan fingerprint density at radius 3 is 3.00 bits per heavy atom. The van der Waals surface area contributed by atoms with Crippen molar-refractivity contribution in [2.24, 2.45) is 0 Å². The topological polar surface area (TPSA) is 63.2 Å². The number of carbonyl (C=O) groups excluding carboxylic acids is 1. The lowest BCUT2D eigenvalue weighted by atomic mass is 10.2. The van der Waals surface area contributed by atoms with Crippen LogP contribution in [0.2, 0.25) is 0 Å². The van der Waals surface area contributed by atoms with Gasteiger partial charge in [0.2, 0.25) is 0 Å². The van der Waals surface area contributed by atoms with Crippen molar-refractivity contribution in [1.82, 2.24) is 10.5 Å². The van der Waals surface area contributed by atoms with Crippen LogP contribution < -0.4 is 10.8 Å². The van der Waals surface area contributed by atoms with Crippen molar-refractivity contribution in [2.75, 3.05) is 19.5 Å². The van der Waals surface area contributed by atoms with E-state index in [0.717, 1.165) is 0 Å². The summed E-state index contributed by atoms with van der Waals surface area (Å²) in [5, 5.41) is 2.83. The SMILES string of the molecule is CNc1cc(C(=O)NOC)ccn1. The summed E-state index contributed by atoms with van der Waals surface area (Å²) in [5.74, 6) is 0.352. The van der Waals surface area contributed by atoms with Crippen LogP contribution in [0.3, 0.4) is 0 Å². The summed E-state index contributed by atoms with van der Waals surface area (Å²) >= 11 is 0. The van der Waals surface area contributed by atoms with Gasteiger partial charge in [0.25, 0.3) is 5.91 Å². The van der Waals surface area contributed by atoms with Gasteiger partial charge in [-0.2, -0.15) is 0 Å². The van der Waals surface area contributed by atoms with E-state index >= 15 is 0 Å². The highest BCUT2D eigenvalue weighted by Gasteiger charge is 2.04. The number of rotatable bonds is 3. The molecule has 0 fully saturated rings. The quantitative estimate of drug-likeness (QED) is 0.663. The second kappa shape index (κ2) is 4.42. The minimum atomic E-state index is -0.290. The summed E-state index contributed by atoms with van der Waals surface area (Å²) in [6, 6.07) is 3.24. The first-order valence-corrected chi connectivity index (χ1v) is 3.75. The summed E-state index contributed by atoms with van der Waals surface area (Å²) in [6.07, 6.45) is 1.55. The Kier molecular flexibility index (Phi) is 3.22. The molecular formula is C8H11N3O2. The van der Waals surface area contributed by atoms with Crippen LogP contribution in [-0.2, 0) is 4.84 Å². The van der Waals surface area contributed by atoms with Crippen LogP contribution in [-0.4, -0.2) is 25.0 Å². The molecule has 0 atom stereocenters. The molecule has 0 aliphatic heterocycles. The zero-order valence-electron chi connectivity index (χ0n) is 7.50. The van der Waals surface area contributed by atoms with Gasteiger partial charge < -0.3 is 5.32 Å². The summed E-state index contributed by atoms with van der Waals surface area (Å²) in [6.45, 7) is 0. The fourth-order valence-electron chi connectivity index (χ4n) is 0.860. The van der Waals surface area contributed by atoms with Crippen LogP contribution in [0.5, 0.6) is 0 Å². The van der Waals surface area contributed by atoms with E-state index in [0.29, 0.717) is 11.4 Å². The van der Waals surface area contributed by atoms with E-state index in [-0.39, 0.29) is 5.91 Å². The van der Waals surface area contributed by atoms with Crippen LogP contribution in [0, 0.1) is 0 Å². The Balaban J connectivity index is 2.82. The molecule has 1 amide bonds. The number of amides is 1. The molecule has 0 spiro atoms. The van der Waals surface area contributed by atoms with Gasteiger partial charge in [0.05, 0.1) is 7.11 Å². The fourth-order valence-corrected chi connectivity index (χ4v) is 0.860. The number of nitrogens with zero attached hydrogens (tertiary/aromatic N) is 1. The Morgan fingerprint density at radius 1 is 1.62 bits per heavy atom. The summed E-state index contributed by atoms with van der Waals surface area (Å²) < 4.78 is 0. The number of anilines is 1. The Hall–Kier alpha value is -1.62. The first kappa shape index (κ1) is 9.47. The third-order valence-electron chi connectivity index (χ3n) is 1.47. The van der Waals surface area contributed by atoms with Crippen molar-refractivity contribution in [3.63, 3.8) is 0 Å². The van der Waals surface area contributed by atoms with Gasteiger partial charge in [-0.15, -0.1) is 0 Å². The molecule has 5 nitrogen and oxygen atoms in total. The van der Waals surface area contributed by atoms with E-state index in [4.69, 9.17) is 0 Å². The first-order valence-electron chi connectivity index (χ1n) is 3.75. The molecule has 0 aromatic carbocycles. The molecule has 1 aromatic rings. The minimum absolute atomic E-state index is 0.290. The third-order valence-corrected chi connectivity index (χ3v) is 1.47. The molecule has 1 aromatic heterocycles. The van der Waals surface area contributed by atoms with E-state index in [1.54, 1.807) is 25.4 Å². The molecule has 0 unspecified atom stereocenters. The van der Waals surface area contributed by atoms with E-state index in [1.807, 2.05) is 0 Å². The summed E-state index contributed by atoms with van der Waals surface area (Å²) in [4.78, 5) is 19.7. The largest absolute Gasteiger partial charge is 0.373 e. The maximum absolute atomic E-state index is 11.2. The van der Waals surface area contributed by atoms with Crippen LogP contribution in [0.15, 0.2) is 18.3 Å². The number of hydroxylamine groups is 1. The smallest absolute Gasteiger partial charge is 0.275 e. The third kappa shape index (κ3) is 2.41. The molecule has 0 saturated heterocycles. The predicted octanol–water partition coefficient (Wildman–Crippen LogP) is 0.414. The van der Waals surface area contributed by atoms with Crippen LogP contribution >= 0.6 is 0 Å². The zero-order valence-corrected chi connectivity index (χ0v) is 7.50. The molecule has 2 N–H and O–H groups in total. The molecule has 0 saturated carbocycles. The molecule has 1 heterocycles. The molecule has 1 rings (SSSR count). The van der Waals surface area contributed by atoms with Gasteiger partial charge in [-0.1, -0.05) is 0 Å². The molecule has 13 heavy (non-hydrogen) atoms. The standard InChI is InChI=1S/C8H11N3O2/c1-9-7-5-6(3-4-10-7)8(12)11-13-2/h3-5H,1-2H3,(H,9,10)(H,11,12). The molecule has 0 bridgehead atoms. The summed E-state index contributed by atoms with van der Waals surface area (Å²) in [7, 11) is 3.12. The second-order valence-electron chi connectivity index (χ2n) is 2.32. The Labute approximate surface area is 76.1 Å². The number of hydrogen-bond acceptors (Lipinski definition) is 4. The minimum Gasteiger partial charge on any atom is -0.373 e. The highest BCUT2D eigenvalue weighted by molar-refractivity contribution is 5.94. The number of hydrogen-bond donors (Lipinski definition) is 2. The lowest BCUT2D eigenvalue weighted by Gasteiger charge is -2.03. The molecule has 0 aliphatic rings. The average Bonchev–Trinajstić information content (AvgIpc) is 2.18. The molecule has 70 valence electrons. The normalized spacial score (nSPS) is 9.38. The van der Waals surface area contributed by atoms with Crippen LogP contribution in [0.4, 0.5) is 5.82 Å². The number of nitrogens with one attached hydrogen (secondary N) is 2. The van der Waals surface area contributed by atoms with Crippen molar-refractivity contribution in [2.45, 2.75) is 0 Å². The zero-order chi connectivity index (χ0) is 9.68. The predicted molar refractivity (Wildman–Crippen MR) is 48.3 cm³/mol. The van der Waals surface area contributed by atoms with Crippen molar-refractivity contribution in [3.05, 3.63) is 23.9 Å². The molecular weight excluding hydrogens is 170 g/mol. The average molecular weight is 181 g/mol. The Bertz CT molecular complexity index is 301. The van der Waals surface area contributed by atoms with Crippen molar-refractivity contribution in [1.29, 1.82) is 0 Å². The molecule has 0 aliphatic carbocycles.